The lowest BCUT2D eigenvalue weighted by Crippen LogP contribution is -2.41. The van der Waals surface area contributed by atoms with Crippen molar-refractivity contribution in [3.8, 4) is 0 Å². The molecular weight excluding hydrogens is 168 g/mol. The van der Waals surface area contributed by atoms with Crippen LogP contribution < -0.4 is 5.73 Å². The maximum absolute atomic E-state index is 12.4. The molecule has 0 spiro atoms. The summed E-state index contributed by atoms with van der Waals surface area (Å²) in [7, 11) is 2.73. The molecule has 0 heterocycles. The van der Waals surface area contributed by atoms with Crippen LogP contribution in [-0.4, -0.2) is 32.5 Å². The van der Waals surface area contributed by atoms with Crippen molar-refractivity contribution in [2.75, 3.05) is 14.2 Å². The van der Waals surface area contributed by atoms with Gasteiger partial charge in [-0.2, -0.15) is 0 Å². The van der Waals surface area contributed by atoms with Gasteiger partial charge in [-0.1, -0.05) is 0 Å². The minimum absolute atomic E-state index is 0.445. The van der Waals surface area contributed by atoms with E-state index in [0.29, 0.717) is 0 Å². The molecule has 0 bridgehead atoms. The van der Waals surface area contributed by atoms with E-state index >= 15 is 0 Å². The third-order valence-corrected chi connectivity index (χ3v) is 1.41. The highest BCUT2D eigenvalue weighted by Crippen LogP contribution is 2.20. The molecule has 1 atom stereocenters. The van der Waals surface area contributed by atoms with Crippen LogP contribution in [0.3, 0.4) is 0 Å². The monoisotopic (exact) mass is 183 g/mol. The Morgan fingerprint density at radius 2 is 1.75 bits per heavy atom. The van der Waals surface area contributed by atoms with Crippen LogP contribution in [0.25, 0.3) is 0 Å². The second-order valence-electron chi connectivity index (χ2n) is 2.78. The van der Waals surface area contributed by atoms with Gasteiger partial charge in [0.05, 0.1) is 6.04 Å². The molecule has 0 rings (SSSR count). The second-order valence-corrected chi connectivity index (χ2v) is 2.78. The Bertz CT molecular complexity index is 123. The molecule has 3 nitrogen and oxygen atoms in total. The summed E-state index contributed by atoms with van der Waals surface area (Å²) < 4.78 is 34.3. The second kappa shape index (κ2) is 4.69. The van der Waals surface area contributed by atoms with Gasteiger partial charge in [-0.25, -0.2) is 8.78 Å². The van der Waals surface area contributed by atoms with Gasteiger partial charge >= 0.3 is 0 Å². The summed E-state index contributed by atoms with van der Waals surface area (Å²) in [5.41, 5.74) is 5.40. The molecule has 74 valence electrons. The highest BCUT2D eigenvalue weighted by Gasteiger charge is 2.29. The number of hydrogen-bond acceptors (Lipinski definition) is 3. The minimum Gasteiger partial charge on any atom is -0.354 e. The molecule has 0 aromatic rings. The van der Waals surface area contributed by atoms with Crippen molar-refractivity contribution in [3.63, 3.8) is 0 Å². The van der Waals surface area contributed by atoms with E-state index in [4.69, 9.17) is 15.2 Å². The smallest absolute Gasteiger partial charge is 0.247 e. The van der Waals surface area contributed by atoms with Crippen LogP contribution >= 0.6 is 0 Å². The molecule has 12 heavy (non-hydrogen) atoms. The molecule has 0 aliphatic heterocycles. The van der Waals surface area contributed by atoms with Crippen molar-refractivity contribution in [1.82, 2.24) is 0 Å². The maximum Gasteiger partial charge on any atom is 0.247 e. The molecule has 2 N–H and O–H groups in total. The number of nitrogens with two attached hydrogens (primary N) is 1. The molecule has 0 aromatic carbocycles. The predicted molar refractivity (Wildman–Crippen MR) is 41.0 cm³/mol. The average Bonchev–Trinajstić information content (AvgIpc) is 1.85. The zero-order chi connectivity index (χ0) is 9.78. The highest BCUT2D eigenvalue weighted by atomic mass is 19.3. The summed E-state index contributed by atoms with van der Waals surface area (Å²) in [5, 5.41) is 0. The van der Waals surface area contributed by atoms with Gasteiger partial charge in [0.2, 0.25) is 5.92 Å². The van der Waals surface area contributed by atoms with Gasteiger partial charge in [0.1, 0.15) is 0 Å². The zero-order valence-corrected chi connectivity index (χ0v) is 7.51. The molecule has 5 heteroatoms. The van der Waals surface area contributed by atoms with E-state index in [1.165, 1.54) is 14.2 Å². The van der Waals surface area contributed by atoms with E-state index in [0.717, 1.165) is 6.92 Å². The van der Waals surface area contributed by atoms with Crippen LogP contribution in [-0.2, 0) is 9.47 Å². The van der Waals surface area contributed by atoms with Crippen molar-refractivity contribution in [1.29, 1.82) is 0 Å². The van der Waals surface area contributed by atoms with E-state index in [1.807, 2.05) is 0 Å². The molecule has 0 aromatic heterocycles. The van der Waals surface area contributed by atoms with Gasteiger partial charge in [-0.3, -0.25) is 0 Å². The normalized spacial score (nSPS) is 15.2. The number of methoxy groups -OCH3 is 2. The lowest BCUT2D eigenvalue weighted by Gasteiger charge is -2.23. The van der Waals surface area contributed by atoms with Crippen LogP contribution in [0.4, 0.5) is 8.78 Å². The summed E-state index contributed by atoms with van der Waals surface area (Å²) in [6.45, 7) is 0.815. The van der Waals surface area contributed by atoms with Crippen LogP contribution in [0, 0.1) is 0 Å². The summed E-state index contributed by atoms with van der Waals surface area (Å²) >= 11 is 0. The first-order chi connectivity index (χ1) is 5.40. The average molecular weight is 183 g/mol. The Morgan fingerprint density at radius 1 is 1.33 bits per heavy atom. The fraction of sp³-hybridized carbons (Fsp3) is 1.00. The topological polar surface area (TPSA) is 44.5 Å². The third-order valence-electron chi connectivity index (χ3n) is 1.41. The van der Waals surface area contributed by atoms with E-state index < -0.39 is 24.7 Å². The maximum atomic E-state index is 12.4. The van der Waals surface area contributed by atoms with Gasteiger partial charge in [0.15, 0.2) is 6.29 Å². The largest absolute Gasteiger partial charge is 0.354 e. The molecule has 0 amide bonds. The van der Waals surface area contributed by atoms with Crippen LogP contribution in [0.15, 0.2) is 0 Å². The standard InChI is InChI=1S/C7H15F2NO2/c1-7(8,9)4-5(10)6(11-2)12-3/h5-6H,4,10H2,1-3H3. The van der Waals surface area contributed by atoms with Crippen LogP contribution in [0.5, 0.6) is 0 Å². The van der Waals surface area contributed by atoms with Crippen LogP contribution in [0.2, 0.25) is 0 Å². The Kier molecular flexibility index (Phi) is 4.59. The van der Waals surface area contributed by atoms with Crippen molar-refractivity contribution < 1.29 is 18.3 Å². The summed E-state index contributed by atoms with van der Waals surface area (Å²) in [4.78, 5) is 0. The molecule has 0 aliphatic carbocycles. The first-order valence-electron chi connectivity index (χ1n) is 3.59. The van der Waals surface area contributed by atoms with E-state index in [1.54, 1.807) is 0 Å². The highest BCUT2D eigenvalue weighted by molar-refractivity contribution is 4.72. The van der Waals surface area contributed by atoms with Crippen molar-refractivity contribution in [2.24, 2.45) is 5.73 Å². The van der Waals surface area contributed by atoms with E-state index in [2.05, 4.69) is 0 Å². The van der Waals surface area contributed by atoms with Gasteiger partial charge in [-0.05, 0) is 6.92 Å². The number of halogens is 2. The minimum atomic E-state index is -2.78. The predicted octanol–water partition coefficient (Wildman–Crippen LogP) is 0.978. The number of hydrogen-bond donors (Lipinski definition) is 1. The number of alkyl halides is 2. The van der Waals surface area contributed by atoms with Gasteiger partial charge in [0.25, 0.3) is 0 Å². The Balaban J connectivity index is 3.92. The summed E-state index contributed by atoms with van der Waals surface area (Å²) in [5.74, 6) is -2.78. The van der Waals surface area contributed by atoms with Gasteiger partial charge < -0.3 is 15.2 Å². The lowest BCUT2D eigenvalue weighted by molar-refractivity contribution is -0.131. The number of ether oxygens (including phenoxy) is 2. The van der Waals surface area contributed by atoms with Crippen molar-refractivity contribution in [2.45, 2.75) is 31.6 Å². The molecular formula is C7H15F2NO2. The first-order valence-corrected chi connectivity index (χ1v) is 3.59. The summed E-state index contributed by atoms with van der Waals surface area (Å²) in [6.07, 6.45) is -1.21. The lowest BCUT2D eigenvalue weighted by atomic mass is 10.1. The fourth-order valence-corrected chi connectivity index (χ4v) is 0.956. The van der Waals surface area contributed by atoms with E-state index in [-0.39, 0.29) is 0 Å². The Hall–Kier alpha value is -0.260. The number of rotatable bonds is 5. The first kappa shape index (κ1) is 11.7. The van der Waals surface area contributed by atoms with Gasteiger partial charge in [0, 0.05) is 20.6 Å². The third kappa shape index (κ3) is 4.58. The Morgan fingerprint density at radius 3 is 2.00 bits per heavy atom. The molecule has 0 fully saturated rings. The SMILES string of the molecule is COC(OC)C(N)CC(C)(F)F. The van der Waals surface area contributed by atoms with Crippen molar-refractivity contribution >= 4 is 0 Å². The van der Waals surface area contributed by atoms with Gasteiger partial charge in [-0.15, -0.1) is 0 Å². The Labute approximate surface area is 70.8 Å². The zero-order valence-electron chi connectivity index (χ0n) is 7.51. The quantitative estimate of drug-likeness (QED) is 0.646. The summed E-state index contributed by atoms with van der Waals surface area (Å²) in [6, 6.07) is -0.806. The van der Waals surface area contributed by atoms with E-state index in [9.17, 15) is 8.78 Å². The van der Waals surface area contributed by atoms with Crippen LogP contribution in [0.1, 0.15) is 13.3 Å². The molecule has 0 radical (unpaired) electrons. The molecule has 0 aliphatic rings. The molecule has 0 saturated carbocycles. The molecule has 0 saturated heterocycles. The fourth-order valence-electron chi connectivity index (χ4n) is 0.956. The molecule has 1 unspecified atom stereocenters. The van der Waals surface area contributed by atoms with Crippen molar-refractivity contribution in [3.05, 3.63) is 0 Å².